The van der Waals surface area contributed by atoms with Crippen molar-refractivity contribution in [3.8, 4) is 5.75 Å². The largest absolute Gasteiger partial charge is 0.507 e. The molecule has 0 amide bonds. The molecule has 1 N–H and O–H groups in total. The van der Waals surface area contributed by atoms with Crippen LogP contribution in [-0.2, 0) is 16.2 Å². The Morgan fingerprint density at radius 3 is 2.20 bits per heavy atom. The maximum absolute atomic E-state index is 11.2. The third kappa shape index (κ3) is 2.32. The first kappa shape index (κ1) is 17.9. The summed E-state index contributed by atoms with van der Waals surface area (Å²) in [6, 6.07) is 4.60. The van der Waals surface area contributed by atoms with Crippen LogP contribution in [0.25, 0.3) is 0 Å². The van der Waals surface area contributed by atoms with E-state index in [1.807, 2.05) is 0 Å². The van der Waals surface area contributed by atoms with Crippen LogP contribution in [0.3, 0.4) is 0 Å². The highest BCUT2D eigenvalue weighted by atomic mass is 79.9. The number of phenolic OH excluding ortho intramolecular Hbond substituents is 1. The highest BCUT2D eigenvalue weighted by Crippen LogP contribution is 2.75. The van der Waals surface area contributed by atoms with E-state index >= 15 is 0 Å². The fourth-order valence-electron chi connectivity index (χ4n) is 7.04. The van der Waals surface area contributed by atoms with Gasteiger partial charge >= 0.3 is 0 Å². The smallest absolute Gasteiger partial charge is 0.123 e. The van der Waals surface area contributed by atoms with E-state index in [2.05, 4.69) is 62.7 Å². The second-order valence-corrected chi connectivity index (χ2v) is 11.2. The van der Waals surface area contributed by atoms with Crippen LogP contribution in [0, 0.1) is 23.2 Å². The first-order chi connectivity index (χ1) is 11.6. The first-order valence-corrected chi connectivity index (χ1v) is 11.2. The Hall–Kier alpha value is -0.500. The number of hydrogen-bond donors (Lipinski definition) is 1. The van der Waals surface area contributed by atoms with Gasteiger partial charge in [0.25, 0.3) is 0 Å². The molecule has 0 aromatic heterocycles. The van der Waals surface area contributed by atoms with Gasteiger partial charge in [-0.3, -0.25) is 0 Å². The van der Waals surface area contributed by atoms with E-state index in [1.54, 1.807) is 0 Å². The van der Waals surface area contributed by atoms with Gasteiger partial charge in [-0.15, -0.1) is 0 Å². The summed E-state index contributed by atoms with van der Waals surface area (Å²) in [6.45, 7) is 11.7. The Morgan fingerprint density at radius 1 is 1.12 bits per heavy atom. The molecule has 1 aromatic rings. The van der Waals surface area contributed by atoms with Crippen LogP contribution in [0.2, 0.25) is 0 Å². The van der Waals surface area contributed by atoms with Crippen LogP contribution < -0.4 is 0 Å². The molecule has 5 rings (SSSR count). The molecule has 25 heavy (non-hydrogen) atoms. The Morgan fingerprint density at radius 2 is 1.72 bits per heavy atom. The van der Waals surface area contributed by atoms with E-state index in [0.29, 0.717) is 17.1 Å². The van der Waals surface area contributed by atoms with E-state index in [4.69, 9.17) is 0 Å². The van der Waals surface area contributed by atoms with Crippen molar-refractivity contribution >= 4 is 15.9 Å². The van der Waals surface area contributed by atoms with Gasteiger partial charge in [0.1, 0.15) is 5.75 Å². The minimum absolute atomic E-state index is 0.108. The number of phenols is 1. The molecule has 0 aliphatic heterocycles. The van der Waals surface area contributed by atoms with E-state index in [-0.39, 0.29) is 10.8 Å². The van der Waals surface area contributed by atoms with E-state index in [1.165, 1.54) is 43.2 Å². The molecule has 0 heterocycles. The molecular formula is C23H33BrO. The molecular weight excluding hydrogens is 372 g/mol. The molecule has 2 heteroatoms. The molecule has 0 saturated heterocycles. The van der Waals surface area contributed by atoms with Gasteiger partial charge in [-0.2, -0.15) is 0 Å². The molecule has 4 fully saturated rings. The maximum Gasteiger partial charge on any atom is 0.123 e. The van der Waals surface area contributed by atoms with Crippen LogP contribution >= 0.6 is 15.9 Å². The number of rotatable bonds is 3. The van der Waals surface area contributed by atoms with Crippen molar-refractivity contribution in [2.24, 2.45) is 23.2 Å². The Kier molecular flexibility index (Phi) is 3.94. The second kappa shape index (κ2) is 5.50. The summed E-state index contributed by atoms with van der Waals surface area (Å²) < 4.78 is 0. The number of aromatic hydroxyl groups is 1. The molecule has 4 aliphatic carbocycles. The van der Waals surface area contributed by atoms with Crippen LogP contribution in [0.15, 0.2) is 12.1 Å². The number of benzene rings is 1. The molecule has 0 spiro atoms. The number of alkyl halides is 1. The summed E-state index contributed by atoms with van der Waals surface area (Å²) in [5, 5.41) is 12.0. The predicted molar refractivity (Wildman–Crippen MR) is 108 cm³/mol. The highest BCUT2D eigenvalue weighted by molar-refractivity contribution is 9.08. The van der Waals surface area contributed by atoms with Gasteiger partial charge in [0, 0.05) is 21.9 Å². The van der Waals surface area contributed by atoms with Crippen molar-refractivity contribution in [2.45, 2.75) is 82.9 Å². The summed E-state index contributed by atoms with van der Waals surface area (Å²) in [6.07, 6.45) is 6.78. The molecule has 138 valence electrons. The summed E-state index contributed by atoms with van der Waals surface area (Å²) in [5.74, 6) is 3.02. The molecule has 0 radical (unpaired) electrons. The topological polar surface area (TPSA) is 20.2 Å². The van der Waals surface area contributed by atoms with E-state index < -0.39 is 0 Å². The summed E-state index contributed by atoms with van der Waals surface area (Å²) >= 11 is 3.63. The Balaban J connectivity index is 1.95. The fraction of sp³-hybridized carbons (Fsp3) is 0.739. The summed E-state index contributed by atoms with van der Waals surface area (Å²) in [5.41, 5.74) is 4.44. The van der Waals surface area contributed by atoms with Crippen LogP contribution in [0.4, 0.5) is 0 Å². The first-order valence-electron chi connectivity index (χ1n) is 10.1. The van der Waals surface area contributed by atoms with Gasteiger partial charge < -0.3 is 5.11 Å². The average molecular weight is 405 g/mol. The molecule has 4 aliphatic rings. The van der Waals surface area contributed by atoms with Crippen molar-refractivity contribution in [1.29, 1.82) is 0 Å². The number of hydrogen-bond acceptors (Lipinski definition) is 1. The van der Waals surface area contributed by atoms with Crippen molar-refractivity contribution in [2.75, 3.05) is 0 Å². The number of halogens is 1. The van der Waals surface area contributed by atoms with Gasteiger partial charge in [0.2, 0.25) is 0 Å². The van der Waals surface area contributed by atoms with Gasteiger partial charge in [-0.1, -0.05) is 62.7 Å². The molecule has 2 unspecified atom stereocenters. The van der Waals surface area contributed by atoms with Crippen molar-refractivity contribution in [3.05, 3.63) is 28.8 Å². The van der Waals surface area contributed by atoms with Crippen molar-refractivity contribution in [3.63, 3.8) is 0 Å². The van der Waals surface area contributed by atoms with Crippen LogP contribution in [0.5, 0.6) is 5.75 Å². The average Bonchev–Trinajstić information content (AvgIpc) is 2.88. The molecule has 2 atom stereocenters. The molecule has 4 saturated carbocycles. The molecule has 1 aromatic carbocycles. The zero-order valence-corrected chi connectivity index (χ0v) is 18.0. The van der Waals surface area contributed by atoms with E-state index in [0.717, 1.165) is 22.7 Å². The van der Waals surface area contributed by atoms with Crippen molar-refractivity contribution < 1.29 is 5.11 Å². The van der Waals surface area contributed by atoms with Gasteiger partial charge in [-0.25, -0.2) is 0 Å². The summed E-state index contributed by atoms with van der Waals surface area (Å²) in [4.78, 5) is 0. The summed E-state index contributed by atoms with van der Waals surface area (Å²) in [7, 11) is 0. The van der Waals surface area contributed by atoms with Crippen LogP contribution in [-0.4, -0.2) is 5.11 Å². The fourth-order valence-corrected chi connectivity index (χ4v) is 7.46. The second-order valence-electron chi connectivity index (χ2n) is 10.6. The van der Waals surface area contributed by atoms with Gasteiger partial charge in [-0.05, 0) is 66.3 Å². The zero-order chi connectivity index (χ0) is 18.2. The van der Waals surface area contributed by atoms with Crippen molar-refractivity contribution in [1.82, 2.24) is 0 Å². The zero-order valence-electron chi connectivity index (χ0n) is 16.5. The third-order valence-electron chi connectivity index (χ3n) is 8.02. The Bertz CT molecular complexity index is 683. The quantitative estimate of drug-likeness (QED) is 0.556. The predicted octanol–water partition coefficient (Wildman–Crippen LogP) is 6.69. The molecule has 4 bridgehead atoms. The van der Waals surface area contributed by atoms with Crippen LogP contribution in [0.1, 0.15) is 83.4 Å². The van der Waals surface area contributed by atoms with E-state index in [9.17, 15) is 5.11 Å². The monoisotopic (exact) mass is 404 g/mol. The normalized spacial score (nSPS) is 36.6. The maximum atomic E-state index is 11.2. The third-order valence-corrected chi connectivity index (χ3v) is 8.62. The minimum atomic E-state index is 0.108. The standard InChI is InChI=1S/C23H33BrO/c1-14(2)22-9-15-6-16(10-22)12-23(22,11-15)19-8-18(21(3,4)5)7-17(13-24)20(19)25/h7-8,14-16,25H,6,9-13H2,1-5H3. The lowest BCUT2D eigenvalue weighted by molar-refractivity contribution is 0.108. The van der Waals surface area contributed by atoms with Gasteiger partial charge in [0.05, 0.1) is 0 Å². The lowest BCUT2D eigenvalue weighted by Gasteiger charge is -2.45. The molecule has 1 nitrogen and oxygen atoms in total. The Labute approximate surface area is 161 Å². The SMILES string of the molecule is CC(C)C12CC3CC(CC1(c1cc(C(C)(C)C)cc(CBr)c1O)C3)C2. The van der Waals surface area contributed by atoms with Gasteiger partial charge in [0.15, 0.2) is 0 Å². The lowest BCUT2D eigenvalue weighted by Crippen LogP contribution is -2.41. The lowest BCUT2D eigenvalue weighted by atomic mass is 9.58. The highest BCUT2D eigenvalue weighted by Gasteiger charge is 2.68. The minimum Gasteiger partial charge on any atom is -0.507 e.